The minimum absolute atomic E-state index is 1.10. The molecule has 1 aromatic carbocycles. The molecule has 2 nitrogen and oxygen atoms in total. The van der Waals surface area contributed by atoms with Crippen molar-refractivity contribution in [3.05, 3.63) is 28.4 Å². The van der Waals surface area contributed by atoms with Crippen LogP contribution in [0.2, 0.25) is 0 Å². The molecule has 1 aromatic heterocycles. The number of anilines is 1. The molecule has 0 fully saturated rings. The number of hydrogen-bond acceptors (Lipinski definition) is 2. The van der Waals surface area contributed by atoms with E-state index in [2.05, 4.69) is 30.2 Å². The van der Waals surface area contributed by atoms with Gasteiger partial charge in [0.25, 0.3) is 0 Å². The second kappa shape index (κ2) is 3.71. The van der Waals surface area contributed by atoms with Gasteiger partial charge in [-0.15, -0.1) is 0 Å². The lowest BCUT2D eigenvalue weighted by molar-refractivity contribution is 0.826. The zero-order chi connectivity index (χ0) is 11.1. The summed E-state index contributed by atoms with van der Waals surface area (Å²) < 4.78 is 0. The van der Waals surface area contributed by atoms with Crippen molar-refractivity contribution >= 4 is 24.8 Å². The van der Waals surface area contributed by atoms with Crippen LogP contribution < -0.4 is 5.32 Å². The number of hydrogen-bond donors (Lipinski definition) is 1. The first-order chi connectivity index (χ1) is 7.77. The van der Waals surface area contributed by atoms with Crippen molar-refractivity contribution in [1.82, 2.24) is 4.98 Å². The largest absolute Gasteiger partial charge is 0.385 e. The average molecular weight is 230 g/mol. The highest BCUT2D eigenvalue weighted by Gasteiger charge is 2.15. The molecule has 0 radical (unpaired) electrons. The smallest absolute Gasteiger partial charge is 0.0745 e. The van der Waals surface area contributed by atoms with E-state index in [9.17, 15) is 0 Å². The Morgan fingerprint density at radius 1 is 1.38 bits per heavy atom. The lowest BCUT2D eigenvalue weighted by Crippen LogP contribution is -2.13. The fourth-order valence-corrected chi connectivity index (χ4v) is 3.16. The molecule has 16 heavy (non-hydrogen) atoms. The lowest BCUT2D eigenvalue weighted by atomic mass is 9.95. The van der Waals surface area contributed by atoms with E-state index in [1.807, 2.05) is 5.93 Å². The molecular weight excluding hydrogens is 215 g/mol. The van der Waals surface area contributed by atoms with Crippen molar-refractivity contribution in [2.75, 3.05) is 11.9 Å². The summed E-state index contributed by atoms with van der Waals surface area (Å²) in [4.78, 5) is 4.57. The van der Waals surface area contributed by atoms with E-state index in [0.29, 0.717) is 0 Å². The molecule has 3 rings (SSSR count). The van der Waals surface area contributed by atoms with Crippen LogP contribution in [0.5, 0.6) is 0 Å². The number of rotatable bonds is 0. The Balaban J connectivity index is 2.39. The maximum Gasteiger partial charge on any atom is 0.0745 e. The molecule has 3 heteroatoms. The predicted octanol–water partition coefficient (Wildman–Crippen LogP) is 3.79. The zero-order valence-corrected chi connectivity index (χ0v) is 10.6. The molecule has 2 aromatic rings. The molecule has 1 N–H and O–H groups in total. The van der Waals surface area contributed by atoms with Gasteiger partial charge in [0, 0.05) is 17.6 Å². The maximum absolute atomic E-state index is 4.57. The molecule has 82 valence electrons. The van der Waals surface area contributed by atoms with Crippen molar-refractivity contribution in [1.29, 1.82) is 0 Å². The van der Waals surface area contributed by atoms with Gasteiger partial charge in [-0.1, -0.05) is 8.19 Å². The summed E-state index contributed by atoms with van der Waals surface area (Å²) >= 11 is 0. The highest BCUT2D eigenvalue weighted by atomic mass is 31.0. The van der Waals surface area contributed by atoms with Crippen LogP contribution in [0.3, 0.4) is 0 Å². The highest BCUT2D eigenvalue weighted by molar-refractivity contribution is 7.30. The van der Waals surface area contributed by atoms with Gasteiger partial charge < -0.3 is 5.32 Å². The van der Waals surface area contributed by atoms with Crippen LogP contribution in [0.15, 0.2) is 12.0 Å². The SMILES string of the molecule is Cc1pcnc2c(C)c3c(cc12)NCCC3. The fraction of sp³-hybridized carbons (Fsp3) is 0.385. The summed E-state index contributed by atoms with van der Waals surface area (Å²) in [7, 11) is 1.23. The van der Waals surface area contributed by atoms with Crippen molar-refractivity contribution in [3.63, 3.8) is 0 Å². The van der Waals surface area contributed by atoms with Crippen LogP contribution in [0.1, 0.15) is 22.8 Å². The van der Waals surface area contributed by atoms with Crippen LogP contribution >= 0.6 is 8.19 Å². The molecule has 0 spiro atoms. The lowest BCUT2D eigenvalue weighted by Gasteiger charge is -2.21. The van der Waals surface area contributed by atoms with Crippen molar-refractivity contribution < 1.29 is 0 Å². The van der Waals surface area contributed by atoms with Gasteiger partial charge in [-0.2, -0.15) is 0 Å². The van der Waals surface area contributed by atoms with Gasteiger partial charge in [0.05, 0.1) is 11.4 Å². The Bertz CT molecular complexity index is 563. The van der Waals surface area contributed by atoms with E-state index in [-0.39, 0.29) is 0 Å². The number of nitrogens with zero attached hydrogens (tertiary/aromatic N) is 1. The summed E-state index contributed by atoms with van der Waals surface area (Å²) in [6.07, 6.45) is 2.42. The first-order valence-corrected chi connectivity index (χ1v) is 6.71. The van der Waals surface area contributed by atoms with Crippen molar-refractivity contribution in [2.45, 2.75) is 26.7 Å². The first kappa shape index (κ1) is 10.0. The Morgan fingerprint density at radius 2 is 2.25 bits per heavy atom. The molecule has 0 saturated carbocycles. The van der Waals surface area contributed by atoms with Gasteiger partial charge in [0.1, 0.15) is 0 Å². The number of benzene rings is 1. The standard InChI is InChI=1S/C13H15N2P/c1-8-10-4-3-5-14-12(10)6-11-9(2)16-7-15-13(8)11/h6-7,14H,3-5H2,1-2H3. The topological polar surface area (TPSA) is 24.9 Å². The molecule has 0 atom stereocenters. The number of nitrogens with one attached hydrogen (secondary N) is 1. The van der Waals surface area contributed by atoms with E-state index in [1.54, 1.807) is 0 Å². The summed E-state index contributed by atoms with van der Waals surface area (Å²) in [5, 5.41) is 6.24. The van der Waals surface area contributed by atoms with E-state index >= 15 is 0 Å². The molecule has 1 aliphatic heterocycles. The quantitative estimate of drug-likeness (QED) is 0.744. The van der Waals surface area contributed by atoms with Crippen molar-refractivity contribution in [2.24, 2.45) is 0 Å². The van der Waals surface area contributed by atoms with E-state index < -0.39 is 0 Å². The summed E-state index contributed by atoms with van der Waals surface area (Å²) in [6, 6.07) is 2.29. The maximum atomic E-state index is 4.57. The van der Waals surface area contributed by atoms with Crippen molar-refractivity contribution in [3.8, 4) is 0 Å². The Labute approximate surface area is 97.2 Å². The summed E-state index contributed by atoms with van der Waals surface area (Å²) in [6.45, 7) is 5.50. The van der Waals surface area contributed by atoms with Gasteiger partial charge >= 0.3 is 0 Å². The van der Waals surface area contributed by atoms with Gasteiger partial charge in [0.2, 0.25) is 0 Å². The molecule has 0 saturated heterocycles. The summed E-state index contributed by atoms with van der Waals surface area (Å²) in [5.41, 5.74) is 5.35. The minimum Gasteiger partial charge on any atom is -0.385 e. The molecule has 1 aliphatic rings. The number of aryl methyl sites for hydroxylation is 2. The molecule has 2 heterocycles. The molecule has 0 amide bonds. The normalized spacial score (nSPS) is 15.1. The minimum atomic E-state index is 1.10. The first-order valence-electron chi connectivity index (χ1n) is 5.75. The fourth-order valence-electron chi connectivity index (χ4n) is 2.50. The number of aromatic nitrogens is 1. The Hall–Kier alpha value is -1.14. The average Bonchev–Trinajstić information content (AvgIpc) is 2.31. The van der Waals surface area contributed by atoms with Gasteiger partial charge in [-0.05, 0) is 49.2 Å². The Morgan fingerprint density at radius 3 is 3.12 bits per heavy atom. The van der Waals surface area contributed by atoms with E-state index in [1.165, 1.54) is 54.0 Å². The third kappa shape index (κ3) is 1.41. The highest BCUT2D eigenvalue weighted by Crippen LogP contribution is 2.34. The van der Waals surface area contributed by atoms with Crippen LogP contribution in [0.25, 0.3) is 10.9 Å². The van der Waals surface area contributed by atoms with Gasteiger partial charge in [-0.25, -0.2) is 0 Å². The Kier molecular flexibility index (Phi) is 2.33. The molecule has 0 bridgehead atoms. The van der Waals surface area contributed by atoms with Crippen LogP contribution in [-0.2, 0) is 6.42 Å². The third-order valence-corrected chi connectivity index (χ3v) is 4.28. The van der Waals surface area contributed by atoms with Crippen LogP contribution in [0, 0.1) is 13.8 Å². The third-order valence-electron chi connectivity index (χ3n) is 3.42. The molecule has 0 aliphatic carbocycles. The van der Waals surface area contributed by atoms with Crippen LogP contribution in [-0.4, -0.2) is 11.5 Å². The van der Waals surface area contributed by atoms with Gasteiger partial charge in [-0.3, -0.25) is 4.98 Å². The second-order valence-corrected chi connectivity index (χ2v) is 5.57. The van der Waals surface area contributed by atoms with E-state index in [0.717, 1.165) is 6.54 Å². The molecule has 0 unspecified atom stereocenters. The second-order valence-electron chi connectivity index (χ2n) is 4.41. The van der Waals surface area contributed by atoms with E-state index in [4.69, 9.17) is 0 Å². The van der Waals surface area contributed by atoms with Gasteiger partial charge in [0.15, 0.2) is 0 Å². The zero-order valence-electron chi connectivity index (χ0n) is 9.67. The predicted molar refractivity (Wildman–Crippen MR) is 70.5 cm³/mol. The van der Waals surface area contributed by atoms with Crippen LogP contribution in [0.4, 0.5) is 5.69 Å². The molecular formula is C13H15N2P. The summed E-state index contributed by atoms with van der Waals surface area (Å²) in [5.74, 6) is 2.01. The number of fused-ring (bicyclic) bond motifs is 2. The monoisotopic (exact) mass is 230 g/mol.